The van der Waals surface area contributed by atoms with Gasteiger partial charge in [-0.05, 0) is 0 Å². The van der Waals surface area contributed by atoms with E-state index >= 15 is 0 Å². The van der Waals surface area contributed by atoms with Crippen LogP contribution in [0, 0.1) is 0 Å². The van der Waals surface area contributed by atoms with Crippen LogP contribution in [0.25, 0.3) is 0 Å². The molecule has 0 rings (SSSR count). The van der Waals surface area contributed by atoms with Crippen LogP contribution in [0.2, 0.25) is 0 Å². The van der Waals surface area contributed by atoms with Crippen LogP contribution in [0.5, 0.6) is 0 Å². The molecule has 0 N–H and O–H groups in total. The van der Waals surface area contributed by atoms with E-state index in [1.807, 2.05) is 0 Å². The van der Waals surface area contributed by atoms with E-state index < -0.39 is 11.3 Å². The Balaban J connectivity index is 3.58. The average molecular weight is 121 g/mol. The van der Waals surface area contributed by atoms with E-state index in [2.05, 4.69) is 8.58 Å². The molecule has 0 radical (unpaired) electrons. The summed E-state index contributed by atoms with van der Waals surface area (Å²) in [5.41, 5.74) is 0. The number of hydrogen-bond acceptors (Lipinski definition) is 3. The second kappa shape index (κ2) is 3.67. The molecular weight excluding hydrogens is 118 g/mol. The van der Waals surface area contributed by atoms with Crippen LogP contribution in [-0.4, -0.2) is 17.4 Å². The van der Waals surface area contributed by atoms with Gasteiger partial charge in [-0.3, -0.25) is 4.18 Å². The lowest BCUT2D eigenvalue weighted by Gasteiger charge is -1.78. The fourth-order valence-electron chi connectivity index (χ4n) is 0.0677. The van der Waals surface area contributed by atoms with Crippen molar-refractivity contribution >= 4 is 17.3 Å². The monoisotopic (exact) mass is 121 g/mol. The predicted molar refractivity (Wildman–Crippen MR) is 23.3 cm³/mol. The first-order valence-corrected chi connectivity index (χ1v) is 2.38. The average Bonchev–Trinajstić information content (AvgIpc) is 1.68. The Morgan fingerprint density at radius 3 is 2.57 bits per heavy atom. The van der Waals surface area contributed by atoms with Gasteiger partial charge in [0.2, 0.25) is 0 Å². The van der Waals surface area contributed by atoms with Crippen molar-refractivity contribution in [3.8, 4) is 0 Å². The van der Waals surface area contributed by atoms with Crippen molar-refractivity contribution in [1.29, 1.82) is 0 Å². The molecule has 0 fully saturated rings. The first-order chi connectivity index (χ1) is 3.31. The first-order valence-electron chi connectivity index (χ1n) is 1.35. The SMILES string of the molecule is COS(=O)N=C=O. The van der Waals surface area contributed by atoms with Crippen LogP contribution in [0.4, 0.5) is 0 Å². The van der Waals surface area contributed by atoms with Gasteiger partial charge in [0.1, 0.15) is 0 Å². The summed E-state index contributed by atoms with van der Waals surface area (Å²) in [7, 11) is 1.18. The smallest absolute Gasteiger partial charge is 0.275 e. The van der Waals surface area contributed by atoms with Gasteiger partial charge in [0, 0.05) is 0 Å². The first kappa shape index (κ1) is 6.49. The van der Waals surface area contributed by atoms with Gasteiger partial charge < -0.3 is 0 Å². The third-order valence-corrected chi connectivity index (χ3v) is 0.763. The lowest BCUT2D eigenvalue weighted by atomic mass is 11.7. The second-order valence-electron chi connectivity index (χ2n) is 0.566. The Kier molecular flexibility index (Phi) is 3.40. The van der Waals surface area contributed by atoms with Gasteiger partial charge in [0.25, 0.3) is 17.3 Å². The second-order valence-corrected chi connectivity index (χ2v) is 1.52. The van der Waals surface area contributed by atoms with Crippen molar-refractivity contribution in [2.75, 3.05) is 7.11 Å². The molecule has 40 valence electrons. The molecule has 0 amide bonds. The topological polar surface area (TPSA) is 55.7 Å². The summed E-state index contributed by atoms with van der Waals surface area (Å²) in [5.74, 6) is 0. The molecular formula is C2H3NO3S. The minimum absolute atomic E-state index is 1.07. The van der Waals surface area contributed by atoms with E-state index in [-0.39, 0.29) is 0 Å². The molecule has 1 unspecified atom stereocenters. The normalized spacial score (nSPS) is 12.1. The van der Waals surface area contributed by atoms with Gasteiger partial charge in [-0.25, -0.2) is 9.00 Å². The summed E-state index contributed by atoms with van der Waals surface area (Å²) in [4.78, 5) is 9.21. The Bertz CT molecular complexity index is 116. The summed E-state index contributed by atoms with van der Waals surface area (Å²) < 4.78 is 16.6. The Morgan fingerprint density at radius 2 is 2.43 bits per heavy atom. The number of rotatable bonds is 2. The molecule has 0 saturated heterocycles. The van der Waals surface area contributed by atoms with E-state index in [1.54, 1.807) is 0 Å². The van der Waals surface area contributed by atoms with E-state index in [9.17, 15) is 9.00 Å². The summed E-state index contributed by atoms with van der Waals surface area (Å²) in [6, 6.07) is 0. The lowest BCUT2D eigenvalue weighted by Crippen LogP contribution is -1.83. The molecule has 0 aromatic heterocycles. The van der Waals surface area contributed by atoms with Gasteiger partial charge in [0.05, 0.1) is 7.11 Å². The molecule has 0 aromatic carbocycles. The predicted octanol–water partition coefficient (Wildman–Crippen LogP) is -0.453. The molecule has 0 heterocycles. The van der Waals surface area contributed by atoms with Crippen molar-refractivity contribution in [3.05, 3.63) is 0 Å². The zero-order valence-electron chi connectivity index (χ0n) is 3.58. The van der Waals surface area contributed by atoms with Crippen molar-refractivity contribution in [2.24, 2.45) is 4.40 Å². The Hall–Kier alpha value is -0.510. The fourth-order valence-corrected chi connectivity index (χ4v) is 0.203. The molecule has 4 nitrogen and oxygen atoms in total. The van der Waals surface area contributed by atoms with Gasteiger partial charge in [-0.1, -0.05) is 4.40 Å². The van der Waals surface area contributed by atoms with Crippen LogP contribution in [0.1, 0.15) is 0 Å². The van der Waals surface area contributed by atoms with Crippen molar-refractivity contribution in [2.45, 2.75) is 0 Å². The molecule has 0 spiro atoms. The molecule has 1 atom stereocenters. The molecule has 0 aliphatic carbocycles. The number of isocyanates is 1. The maximum Gasteiger partial charge on any atom is 0.295 e. The number of carbonyl (C=O) groups excluding carboxylic acids is 1. The van der Waals surface area contributed by atoms with Gasteiger partial charge in [0.15, 0.2) is 0 Å². The van der Waals surface area contributed by atoms with Crippen molar-refractivity contribution in [1.82, 2.24) is 0 Å². The Morgan fingerprint density at radius 1 is 1.86 bits per heavy atom. The molecule has 0 aliphatic heterocycles. The van der Waals surface area contributed by atoms with Crippen LogP contribution < -0.4 is 0 Å². The summed E-state index contributed by atoms with van der Waals surface area (Å²) in [5, 5.41) is 0. The van der Waals surface area contributed by atoms with E-state index in [0.29, 0.717) is 0 Å². The van der Waals surface area contributed by atoms with Gasteiger partial charge in [-0.2, -0.15) is 0 Å². The maximum atomic E-state index is 9.87. The van der Waals surface area contributed by atoms with Crippen LogP contribution in [-0.2, 0) is 20.2 Å². The molecule has 0 saturated carbocycles. The lowest BCUT2D eigenvalue weighted by molar-refractivity contribution is 0.446. The third-order valence-electron chi connectivity index (χ3n) is 0.254. The fraction of sp³-hybridized carbons (Fsp3) is 0.500. The molecule has 0 bridgehead atoms. The van der Waals surface area contributed by atoms with Crippen molar-refractivity contribution < 1.29 is 13.2 Å². The molecule has 5 heteroatoms. The molecule has 0 aliphatic rings. The summed E-state index contributed by atoms with van der Waals surface area (Å²) in [6.07, 6.45) is 1.07. The summed E-state index contributed by atoms with van der Waals surface area (Å²) >= 11 is -1.83. The molecule has 0 aromatic rings. The van der Waals surface area contributed by atoms with E-state index in [0.717, 1.165) is 6.08 Å². The molecule has 7 heavy (non-hydrogen) atoms. The quantitative estimate of drug-likeness (QED) is 0.367. The maximum absolute atomic E-state index is 9.87. The van der Waals surface area contributed by atoms with Crippen molar-refractivity contribution in [3.63, 3.8) is 0 Å². The zero-order valence-corrected chi connectivity index (χ0v) is 4.40. The van der Waals surface area contributed by atoms with Crippen LogP contribution >= 0.6 is 0 Å². The van der Waals surface area contributed by atoms with Gasteiger partial charge in [-0.15, -0.1) is 0 Å². The largest absolute Gasteiger partial charge is 0.295 e. The third kappa shape index (κ3) is 3.32. The summed E-state index contributed by atoms with van der Waals surface area (Å²) in [6.45, 7) is 0. The van der Waals surface area contributed by atoms with Crippen LogP contribution in [0.3, 0.4) is 0 Å². The highest BCUT2D eigenvalue weighted by Crippen LogP contribution is 1.77. The highest BCUT2D eigenvalue weighted by atomic mass is 32.2. The standard InChI is InChI=1S/C2H3NO3S/c1-6-7(5)3-2-4/h1H3. The Labute approximate surface area is 43.0 Å². The van der Waals surface area contributed by atoms with Gasteiger partial charge >= 0.3 is 0 Å². The van der Waals surface area contributed by atoms with Crippen LogP contribution in [0.15, 0.2) is 4.40 Å². The van der Waals surface area contributed by atoms with E-state index in [1.165, 1.54) is 7.11 Å². The minimum atomic E-state index is -1.83. The minimum Gasteiger partial charge on any atom is -0.275 e. The highest BCUT2D eigenvalue weighted by Gasteiger charge is 1.84. The van der Waals surface area contributed by atoms with E-state index in [4.69, 9.17) is 0 Å². The zero-order chi connectivity index (χ0) is 5.70. The number of nitrogens with zero attached hydrogens (tertiary/aromatic N) is 1. The highest BCUT2D eigenvalue weighted by molar-refractivity contribution is 7.78. The number of hydrogen-bond donors (Lipinski definition) is 0.